The van der Waals surface area contributed by atoms with Gasteiger partial charge in [-0.15, -0.1) is 0 Å². The second-order valence-corrected chi connectivity index (χ2v) is 7.11. The number of hydrogen-bond donors (Lipinski definition) is 2. The Hall–Kier alpha value is -1.62. The topological polar surface area (TPSA) is 65.5 Å². The molecule has 5 nitrogen and oxygen atoms in total. The maximum Gasteiger partial charge on any atom is 0.220 e. The highest BCUT2D eigenvalue weighted by Crippen LogP contribution is 2.24. The minimum atomic E-state index is -0.167. The van der Waals surface area contributed by atoms with E-state index in [1.54, 1.807) is 0 Å². The Bertz CT molecular complexity index is 541. The van der Waals surface area contributed by atoms with Crippen LogP contribution in [0.5, 0.6) is 0 Å². The van der Waals surface area contributed by atoms with Gasteiger partial charge in [0, 0.05) is 31.7 Å². The smallest absolute Gasteiger partial charge is 0.220 e. The number of hydrogen-bond acceptors (Lipinski definition) is 4. The lowest BCUT2D eigenvalue weighted by Gasteiger charge is -2.30. The normalized spacial score (nSPS) is 23.6. The van der Waals surface area contributed by atoms with Crippen LogP contribution in [0.1, 0.15) is 56.9 Å². The maximum absolute atomic E-state index is 12.0. The third-order valence-electron chi connectivity index (χ3n) is 5.18. The highest BCUT2D eigenvalue weighted by molar-refractivity contribution is 5.76. The van der Waals surface area contributed by atoms with E-state index in [2.05, 4.69) is 21.3 Å². The number of pyridine rings is 1. The molecule has 2 N–H and O–H groups in total. The Kier molecular flexibility index (Phi) is 6.07. The lowest BCUT2D eigenvalue weighted by molar-refractivity contribution is -0.122. The van der Waals surface area contributed by atoms with Crippen LogP contribution in [0.15, 0.2) is 18.3 Å². The Balaban J connectivity index is 1.35. The van der Waals surface area contributed by atoms with E-state index >= 15 is 0 Å². The number of aliphatic hydroxyl groups is 1. The summed E-state index contributed by atoms with van der Waals surface area (Å²) in [7, 11) is 0. The molecule has 1 amide bonds. The quantitative estimate of drug-likeness (QED) is 0.786. The third kappa shape index (κ3) is 4.69. The van der Waals surface area contributed by atoms with E-state index in [1.807, 2.05) is 12.3 Å². The summed E-state index contributed by atoms with van der Waals surface area (Å²) < 4.78 is 0. The first-order valence-corrected chi connectivity index (χ1v) is 9.38. The molecule has 3 rings (SSSR count). The van der Waals surface area contributed by atoms with Crippen LogP contribution in [0.4, 0.5) is 5.82 Å². The summed E-state index contributed by atoms with van der Waals surface area (Å²) in [5.74, 6) is 1.29. The minimum absolute atomic E-state index is 0.161. The van der Waals surface area contributed by atoms with Crippen LogP contribution in [-0.2, 0) is 11.2 Å². The third-order valence-corrected chi connectivity index (χ3v) is 5.18. The number of amides is 1. The fraction of sp³-hybridized carbons (Fsp3) is 0.684. The molecule has 2 heterocycles. The van der Waals surface area contributed by atoms with E-state index in [0.717, 1.165) is 63.9 Å². The Labute approximate surface area is 144 Å². The first-order chi connectivity index (χ1) is 11.7. The van der Waals surface area contributed by atoms with Crippen molar-refractivity contribution >= 4 is 11.7 Å². The fourth-order valence-corrected chi connectivity index (χ4v) is 3.80. The second-order valence-electron chi connectivity index (χ2n) is 7.11. The van der Waals surface area contributed by atoms with Gasteiger partial charge in [0.05, 0.1) is 6.10 Å². The van der Waals surface area contributed by atoms with Crippen molar-refractivity contribution in [3.63, 3.8) is 0 Å². The van der Waals surface area contributed by atoms with Crippen molar-refractivity contribution in [3.05, 3.63) is 23.9 Å². The minimum Gasteiger partial charge on any atom is -0.393 e. The molecule has 5 heteroatoms. The number of nitrogens with zero attached hydrogens (tertiary/aromatic N) is 2. The molecule has 1 fully saturated rings. The Morgan fingerprint density at radius 3 is 2.96 bits per heavy atom. The predicted octanol–water partition coefficient (Wildman–Crippen LogP) is 2.42. The molecule has 0 radical (unpaired) electrons. The van der Waals surface area contributed by atoms with Gasteiger partial charge in [-0.3, -0.25) is 4.79 Å². The molecule has 24 heavy (non-hydrogen) atoms. The number of fused-ring (bicyclic) bond motifs is 1. The number of aliphatic hydroxyl groups excluding tert-OH is 1. The molecule has 0 unspecified atom stereocenters. The van der Waals surface area contributed by atoms with Gasteiger partial charge in [0.1, 0.15) is 5.82 Å². The summed E-state index contributed by atoms with van der Waals surface area (Å²) in [4.78, 5) is 18.9. The molecule has 0 aromatic carbocycles. The average molecular weight is 331 g/mol. The number of rotatable bonds is 6. The van der Waals surface area contributed by atoms with Gasteiger partial charge >= 0.3 is 0 Å². The van der Waals surface area contributed by atoms with Crippen LogP contribution >= 0.6 is 0 Å². The van der Waals surface area contributed by atoms with Crippen molar-refractivity contribution in [2.75, 3.05) is 18.0 Å². The van der Waals surface area contributed by atoms with Crippen LogP contribution in [0.2, 0.25) is 0 Å². The van der Waals surface area contributed by atoms with E-state index in [9.17, 15) is 9.90 Å². The molecule has 0 bridgehead atoms. The van der Waals surface area contributed by atoms with Crippen molar-refractivity contribution in [3.8, 4) is 0 Å². The van der Waals surface area contributed by atoms with Crippen molar-refractivity contribution in [1.29, 1.82) is 0 Å². The van der Waals surface area contributed by atoms with Gasteiger partial charge in [-0.2, -0.15) is 0 Å². The van der Waals surface area contributed by atoms with E-state index < -0.39 is 0 Å². The number of anilines is 1. The van der Waals surface area contributed by atoms with Gasteiger partial charge in [-0.25, -0.2) is 4.98 Å². The second kappa shape index (κ2) is 8.47. The lowest BCUT2D eigenvalue weighted by atomic mass is 9.93. The molecule has 132 valence electrons. The lowest BCUT2D eigenvalue weighted by Crippen LogP contribution is -2.38. The van der Waals surface area contributed by atoms with Gasteiger partial charge < -0.3 is 15.3 Å². The SMILES string of the molecule is O=C(CCCCN1CCCc2cccnc21)NC1CCC(O)CC1. The van der Waals surface area contributed by atoms with Gasteiger partial charge in [0.15, 0.2) is 0 Å². The summed E-state index contributed by atoms with van der Waals surface area (Å²) >= 11 is 0. The van der Waals surface area contributed by atoms with Gasteiger partial charge in [-0.05, 0) is 63.0 Å². The maximum atomic E-state index is 12.0. The van der Waals surface area contributed by atoms with Crippen molar-refractivity contribution in [2.45, 2.75) is 69.9 Å². The number of nitrogens with one attached hydrogen (secondary N) is 1. The molecule has 1 aromatic rings. The highest BCUT2D eigenvalue weighted by Gasteiger charge is 2.21. The van der Waals surface area contributed by atoms with E-state index in [4.69, 9.17) is 0 Å². The zero-order valence-electron chi connectivity index (χ0n) is 14.4. The summed E-state index contributed by atoms with van der Waals surface area (Å²) in [6.07, 6.45) is 9.98. The van der Waals surface area contributed by atoms with E-state index in [0.29, 0.717) is 6.42 Å². The van der Waals surface area contributed by atoms with Crippen molar-refractivity contribution in [1.82, 2.24) is 10.3 Å². The number of carbonyl (C=O) groups excluding carboxylic acids is 1. The van der Waals surface area contributed by atoms with Crippen LogP contribution in [0.25, 0.3) is 0 Å². The van der Waals surface area contributed by atoms with Gasteiger partial charge in [0.2, 0.25) is 5.91 Å². The highest BCUT2D eigenvalue weighted by atomic mass is 16.3. The van der Waals surface area contributed by atoms with E-state index in [1.165, 1.54) is 12.0 Å². The Morgan fingerprint density at radius 1 is 1.29 bits per heavy atom. The average Bonchev–Trinajstić information content (AvgIpc) is 2.61. The number of unbranched alkanes of at least 4 members (excludes halogenated alkanes) is 1. The fourth-order valence-electron chi connectivity index (χ4n) is 3.80. The summed E-state index contributed by atoms with van der Waals surface area (Å²) in [6.45, 7) is 2.05. The molecular weight excluding hydrogens is 302 g/mol. The summed E-state index contributed by atoms with van der Waals surface area (Å²) in [6, 6.07) is 4.44. The molecular formula is C19H29N3O2. The van der Waals surface area contributed by atoms with Crippen LogP contribution in [0, 0.1) is 0 Å². The first kappa shape index (κ1) is 17.2. The Morgan fingerprint density at radius 2 is 2.12 bits per heavy atom. The molecule has 1 aromatic heterocycles. The summed E-state index contributed by atoms with van der Waals surface area (Å²) in [5.41, 5.74) is 1.35. The monoisotopic (exact) mass is 331 g/mol. The van der Waals surface area contributed by atoms with E-state index in [-0.39, 0.29) is 18.1 Å². The van der Waals surface area contributed by atoms with Gasteiger partial charge in [0.25, 0.3) is 0 Å². The van der Waals surface area contributed by atoms with Crippen molar-refractivity contribution < 1.29 is 9.90 Å². The molecule has 1 aliphatic heterocycles. The number of aryl methyl sites for hydroxylation is 1. The largest absolute Gasteiger partial charge is 0.393 e. The molecule has 0 atom stereocenters. The molecule has 0 saturated heterocycles. The first-order valence-electron chi connectivity index (χ1n) is 9.38. The molecule has 0 spiro atoms. The van der Waals surface area contributed by atoms with Crippen LogP contribution in [-0.4, -0.2) is 41.2 Å². The van der Waals surface area contributed by atoms with Crippen LogP contribution in [0.3, 0.4) is 0 Å². The standard InChI is InChI=1S/C19H29N3O2/c23-17-10-8-16(9-11-17)21-18(24)7-1-2-13-22-14-4-6-15-5-3-12-20-19(15)22/h3,5,12,16-17,23H,1-2,4,6-11,13-14H2,(H,21,24). The predicted molar refractivity (Wildman–Crippen MR) is 95.0 cm³/mol. The number of aromatic nitrogens is 1. The van der Waals surface area contributed by atoms with Gasteiger partial charge in [-0.1, -0.05) is 6.07 Å². The zero-order chi connectivity index (χ0) is 16.8. The molecule has 2 aliphatic rings. The van der Waals surface area contributed by atoms with Crippen molar-refractivity contribution in [2.24, 2.45) is 0 Å². The summed E-state index contributed by atoms with van der Waals surface area (Å²) in [5, 5.41) is 12.6. The number of carbonyl (C=O) groups is 1. The zero-order valence-corrected chi connectivity index (χ0v) is 14.4. The molecule has 1 saturated carbocycles. The van der Waals surface area contributed by atoms with Crippen LogP contribution < -0.4 is 10.2 Å². The molecule has 1 aliphatic carbocycles.